The van der Waals surface area contributed by atoms with Crippen LogP contribution in [0.15, 0.2) is 9.98 Å². The van der Waals surface area contributed by atoms with Gasteiger partial charge >= 0.3 is 0 Å². The van der Waals surface area contributed by atoms with E-state index in [0.29, 0.717) is 0 Å². The van der Waals surface area contributed by atoms with Gasteiger partial charge in [-0.05, 0) is 13.3 Å². The Morgan fingerprint density at radius 3 is 2.33 bits per heavy atom. The monoisotopic (exact) mass is 124 g/mol. The van der Waals surface area contributed by atoms with Gasteiger partial charge in [0.1, 0.15) is 5.66 Å². The predicted octanol–water partition coefficient (Wildman–Crippen LogP) is 1.66. The Kier molecular flexibility index (Phi) is 1.65. The quantitative estimate of drug-likeness (QED) is 0.535. The van der Waals surface area contributed by atoms with E-state index in [0.717, 1.165) is 12.8 Å². The molecule has 1 aliphatic rings. The highest BCUT2D eigenvalue weighted by atomic mass is 15.1. The van der Waals surface area contributed by atoms with Crippen LogP contribution in [0.4, 0.5) is 0 Å². The minimum absolute atomic E-state index is 0.116. The smallest absolute Gasteiger partial charge is 0.147 e. The summed E-state index contributed by atoms with van der Waals surface area (Å²) < 4.78 is 0. The van der Waals surface area contributed by atoms with E-state index in [2.05, 4.69) is 23.8 Å². The van der Waals surface area contributed by atoms with E-state index < -0.39 is 0 Å². The number of hydrogen-bond acceptors (Lipinski definition) is 2. The molecule has 1 aliphatic heterocycles. The number of hydrogen-bond donors (Lipinski definition) is 0. The first kappa shape index (κ1) is 6.46. The minimum Gasteiger partial charge on any atom is -0.262 e. The maximum atomic E-state index is 4.21. The Balaban J connectivity index is 2.53. The summed E-state index contributed by atoms with van der Waals surface area (Å²) in [7, 11) is 0. The molecule has 0 bridgehead atoms. The fourth-order valence-corrected chi connectivity index (χ4v) is 1.02. The summed E-state index contributed by atoms with van der Waals surface area (Å²) in [6.45, 7) is 4.20. The van der Waals surface area contributed by atoms with E-state index in [1.165, 1.54) is 0 Å². The van der Waals surface area contributed by atoms with Crippen molar-refractivity contribution in [2.24, 2.45) is 9.98 Å². The van der Waals surface area contributed by atoms with Crippen molar-refractivity contribution in [1.29, 1.82) is 0 Å². The molecule has 0 atom stereocenters. The van der Waals surface area contributed by atoms with Crippen LogP contribution in [-0.4, -0.2) is 18.1 Å². The molecule has 0 aromatic heterocycles. The Morgan fingerprint density at radius 2 is 1.89 bits per heavy atom. The molecular weight excluding hydrogens is 112 g/mol. The van der Waals surface area contributed by atoms with Gasteiger partial charge in [-0.3, -0.25) is 9.98 Å². The lowest BCUT2D eigenvalue weighted by atomic mass is 10.1. The van der Waals surface area contributed by atoms with Gasteiger partial charge in [0.15, 0.2) is 0 Å². The fourth-order valence-electron chi connectivity index (χ4n) is 1.02. The fraction of sp³-hybridized carbons (Fsp3) is 0.714. The van der Waals surface area contributed by atoms with Crippen molar-refractivity contribution in [2.45, 2.75) is 32.4 Å². The van der Waals surface area contributed by atoms with Crippen LogP contribution >= 0.6 is 0 Å². The predicted molar refractivity (Wildman–Crippen MR) is 40.3 cm³/mol. The molecular formula is C7H12N2. The molecule has 1 rings (SSSR count). The second-order valence-electron chi connectivity index (χ2n) is 2.52. The van der Waals surface area contributed by atoms with E-state index >= 15 is 0 Å². The van der Waals surface area contributed by atoms with Crippen molar-refractivity contribution in [3.8, 4) is 0 Å². The largest absolute Gasteiger partial charge is 0.262 e. The summed E-state index contributed by atoms with van der Waals surface area (Å²) in [6.07, 6.45) is 5.75. The standard InChI is InChI=1S/C7H12N2/c1-3-4-7(2)8-5-6-9-7/h5-6H,3-4H2,1-2H3. The van der Waals surface area contributed by atoms with E-state index in [4.69, 9.17) is 0 Å². The van der Waals surface area contributed by atoms with E-state index in [1.54, 1.807) is 12.4 Å². The van der Waals surface area contributed by atoms with Crippen LogP contribution in [0.3, 0.4) is 0 Å². The molecule has 0 spiro atoms. The normalized spacial score (nSPS) is 21.1. The Hall–Kier alpha value is -0.660. The molecule has 50 valence electrons. The Morgan fingerprint density at radius 1 is 1.33 bits per heavy atom. The van der Waals surface area contributed by atoms with Gasteiger partial charge in [-0.25, -0.2) is 0 Å². The molecule has 0 radical (unpaired) electrons. The number of nitrogens with zero attached hydrogens (tertiary/aromatic N) is 2. The summed E-state index contributed by atoms with van der Waals surface area (Å²) in [4.78, 5) is 8.42. The third-order valence-electron chi connectivity index (χ3n) is 1.50. The minimum atomic E-state index is -0.116. The highest BCUT2D eigenvalue weighted by Crippen LogP contribution is 2.20. The molecule has 0 aromatic rings. The van der Waals surface area contributed by atoms with Gasteiger partial charge in [0, 0.05) is 12.4 Å². The third kappa shape index (κ3) is 1.37. The maximum Gasteiger partial charge on any atom is 0.147 e. The molecule has 0 saturated carbocycles. The summed E-state index contributed by atoms with van der Waals surface area (Å²) >= 11 is 0. The molecule has 0 N–H and O–H groups in total. The van der Waals surface area contributed by atoms with Crippen molar-refractivity contribution in [2.75, 3.05) is 0 Å². The van der Waals surface area contributed by atoms with Crippen LogP contribution in [0.5, 0.6) is 0 Å². The van der Waals surface area contributed by atoms with Crippen LogP contribution in [0.1, 0.15) is 26.7 Å². The Labute approximate surface area is 55.7 Å². The topological polar surface area (TPSA) is 24.7 Å². The second kappa shape index (κ2) is 2.29. The van der Waals surface area contributed by atoms with Crippen LogP contribution in [0.2, 0.25) is 0 Å². The summed E-state index contributed by atoms with van der Waals surface area (Å²) in [5.74, 6) is 0. The summed E-state index contributed by atoms with van der Waals surface area (Å²) in [5.41, 5.74) is -0.116. The van der Waals surface area contributed by atoms with Crippen molar-refractivity contribution < 1.29 is 0 Å². The molecule has 2 heteroatoms. The van der Waals surface area contributed by atoms with Crippen LogP contribution in [0.25, 0.3) is 0 Å². The SMILES string of the molecule is CCCC1(C)N=CC=N1. The van der Waals surface area contributed by atoms with E-state index in [-0.39, 0.29) is 5.66 Å². The zero-order valence-corrected chi connectivity index (χ0v) is 5.96. The highest BCUT2D eigenvalue weighted by molar-refractivity contribution is 6.17. The first-order valence-electron chi connectivity index (χ1n) is 3.36. The van der Waals surface area contributed by atoms with Gasteiger partial charge in [-0.15, -0.1) is 0 Å². The maximum absolute atomic E-state index is 4.21. The van der Waals surface area contributed by atoms with Gasteiger partial charge in [-0.2, -0.15) is 0 Å². The van der Waals surface area contributed by atoms with Gasteiger partial charge in [0.05, 0.1) is 0 Å². The van der Waals surface area contributed by atoms with Crippen molar-refractivity contribution in [3.63, 3.8) is 0 Å². The highest BCUT2D eigenvalue weighted by Gasteiger charge is 2.20. The third-order valence-corrected chi connectivity index (χ3v) is 1.50. The molecule has 0 amide bonds. The van der Waals surface area contributed by atoms with Gasteiger partial charge in [0.2, 0.25) is 0 Å². The van der Waals surface area contributed by atoms with Gasteiger partial charge < -0.3 is 0 Å². The molecule has 0 aromatic carbocycles. The molecule has 2 nitrogen and oxygen atoms in total. The van der Waals surface area contributed by atoms with Gasteiger partial charge in [-0.1, -0.05) is 13.3 Å². The average Bonchev–Trinajstić information content (AvgIpc) is 2.16. The van der Waals surface area contributed by atoms with Crippen LogP contribution in [0, 0.1) is 0 Å². The zero-order chi connectivity index (χ0) is 6.74. The zero-order valence-electron chi connectivity index (χ0n) is 5.96. The van der Waals surface area contributed by atoms with E-state index in [1.807, 2.05) is 0 Å². The molecule has 0 saturated heterocycles. The number of rotatable bonds is 2. The lowest BCUT2D eigenvalue weighted by Crippen LogP contribution is -2.14. The lowest BCUT2D eigenvalue weighted by molar-refractivity contribution is 0.462. The summed E-state index contributed by atoms with van der Waals surface area (Å²) in [6, 6.07) is 0. The van der Waals surface area contributed by atoms with Crippen molar-refractivity contribution >= 4 is 12.4 Å². The molecule has 0 aliphatic carbocycles. The van der Waals surface area contributed by atoms with Crippen molar-refractivity contribution in [3.05, 3.63) is 0 Å². The summed E-state index contributed by atoms with van der Waals surface area (Å²) in [5, 5.41) is 0. The first-order chi connectivity index (χ1) is 4.27. The van der Waals surface area contributed by atoms with Crippen molar-refractivity contribution in [1.82, 2.24) is 0 Å². The van der Waals surface area contributed by atoms with Crippen LogP contribution in [-0.2, 0) is 0 Å². The second-order valence-corrected chi connectivity index (χ2v) is 2.52. The van der Waals surface area contributed by atoms with Crippen LogP contribution < -0.4 is 0 Å². The molecule has 9 heavy (non-hydrogen) atoms. The number of aliphatic imine (C=N–C) groups is 2. The molecule has 1 heterocycles. The lowest BCUT2D eigenvalue weighted by Gasteiger charge is -2.14. The van der Waals surface area contributed by atoms with E-state index in [9.17, 15) is 0 Å². The molecule has 0 fully saturated rings. The average molecular weight is 124 g/mol. The molecule has 0 unspecified atom stereocenters. The first-order valence-corrected chi connectivity index (χ1v) is 3.36. The van der Waals surface area contributed by atoms with Gasteiger partial charge in [0.25, 0.3) is 0 Å². The Bertz CT molecular complexity index is 135.